The van der Waals surface area contributed by atoms with Gasteiger partial charge in [0.05, 0.1) is 27.8 Å². The van der Waals surface area contributed by atoms with Gasteiger partial charge in [-0.05, 0) is 93.9 Å². The number of fused-ring (bicyclic) bond motifs is 9. The summed E-state index contributed by atoms with van der Waals surface area (Å²) in [4.78, 5) is 0. The van der Waals surface area contributed by atoms with Crippen LogP contribution in [0.15, 0.2) is 182 Å². The van der Waals surface area contributed by atoms with E-state index in [-0.39, 0.29) is 0 Å². The van der Waals surface area contributed by atoms with E-state index in [2.05, 4.69) is 191 Å². The zero-order chi connectivity index (χ0) is 33.5. The van der Waals surface area contributed by atoms with Crippen LogP contribution in [0, 0.1) is 0 Å². The molecule has 0 saturated heterocycles. The minimum absolute atomic E-state index is 0.984. The molecule has 0 fully saturated rings. The number of benzene rings is 8. The van der Waals surface area contributed by atoms with Gasteiger partial charge in [0.25, 0.3) is 0 Å². The zero-order valence-corrected chi connectivity index (χ0v) is 27.9. The Morgan fingerprint density at radius 2 is 0.902 bits per heavy atom. The molecule has 2 heteroatoms. The minimum Gasteiger partial charge on any atom is -0.309 e. The molecule has 8 aromatic carbocycles. The van der Waals surface area contributed by atoms with Gasteiger partial charge in [-0.15, -0.1) is 0 Å². The van der Waals surface area contributed by atoms with Crippen molar-refractivity contribution < 1.29 is 0 Å². The second-order valence-corrected chi connectivity index (χ2v) is 13.7. The molecule has 0 amide bonds. The van der Waals surface area contributed by atoms with Crippen LogP contribution in [0.3, 0.4) is 0 Å². The smallest absolute Gasteiger partial charge is 0.0547 e. The average Bonchev–Trinajstić information content (AvgIpc) is 3.85. The summed E-state index contributed by atoms with van der Waals surface area (Å²) in [6, 6.07) is 66.9. The van der Waals surface area contributed by atoms with Crippen molar-refractivity contribution in [2.75, 3.05) is 0 Å². The van der Waals surface area contributed by atoms with Crippen molar-refractivity contribution >= 4 is 43.6 Å². The van der Waals surface area contributed by atoms with Crippen LogP contribution in [0.4, 0.5) is 0 Å². The fourth-order valence-electron chi connectivity index (χ4n) is 8.64. The normalized spacial score (nSPS) is 12.2. The molecular weight excluding hydrogens is 617 g/mol. The predicted molar refractivity (Wildman–Crippen MR) is 214 cm³/mol. The maximum atomic E-state index is 2.46. The van der Waals surface area contributed by atoms with Gasteiger partial charge in [0.2, 0.25) is 0 Å². The van der Waals surface area contributed by atoms with E-state index < -0.39 is 0 Å². The topological polar surface area (TPSA) is 9.86 Å². The number of para-hydroxylation sites is 4. The van der Waals surface area contributed by atoms with Crippen molar-refractivity contribution in [2.45, 2.75) is 6.42 Å². The van der Waals surface area contributed by atoms with Gasteiger partial charge < -0.3 is 9.13 Å². The molecule has 1 aliphatic carbocycles. The van der Waals surface area contributed by atoms with E-state index in [0.717, 1.165) is 6.42 Å². The van der Waals surface area contributed by atoms with Crippen molar-refractivity contribution in [1.29, 1.82) is 0 Å². The summed E-state index contributed by atoms with van der Waals surface area (Å²) in [6.07, 6.45) is 0.984. The lowest BCUT2D eigenvalue weighted by atomic mass is 9.98. The molecule has 0 spiro atoms. The maximum Gasteiger partial charge on any atom is 0.0547 e. The van der Waals surface area contributed by atoms with Gasteiger partial charge in [-0.2, -0.15) is 0 Å². The second kappa shape index (κ2) is 10.9. The number of hydrogen-bond donors (Lipinski definition) is 0. The molecule has 0 N–H and O–H groups in total. The molecule has 1 aliphatic rings. The molecule has 11 rings (SSSR count). The highest BCUT2D eigenvalue weighted by Gasteiger charge is 2.21. The summed E-state index contributed by atoms with van der Waals surface area (Å²) in [5.41, 5.74) is 17.7. The highest BCUT2D eigenvalue weighted by atomic mass is 15.0. The van der Waals surface area contributed by atoms with Crippen molar-refractivity contribution in [3.8, 4) is 44.8 Å². The molecule has 2 aromatic heterocycles. The molecule has 0 bridgehead atoms. The van der Waals surface area contributed by atoms with E-state index in [1.807, 2.05) is 0 Å². The summed E-state index contributed by atoms with van der Waals surface area (Å²) in [5, 5.41) is 5.05. The molecule has 0 saturated carbocycles. The molecule has 0 aliphatic heterocycles. The number of rotatable bonds is 4. The first kappa shape index (κ1) is 28.2. The zero-order valence-electron chi connectivity index (χ0n) is 27.9. The van der Waals surface area contributed by atoms with Crippen LogP contribution < -0.4 is 0 Å². The summed E-state index contributed by atoms with van der Waals surface area (Å²) in [6.45, 7) is 0. The van der Waals surface area contributed by atoms with E-state index in [0.29, 0.717) is 0 Å². The highest BCUT2D eigenvalue weighted by Crippen LogP contribution is 2.42. The lowest BCUT2D eigenvalue weighted by Crippen LogP contribution is -1.97. The standard InChI is InChI=1S/C49H32N2/c1-2-13-37(14-3-1)50-46-20-10-7-17-41(46)43-26-22-33(31-49(43)50)32-24-27-48-44(30-32)42-18-8-11-21-47(42)51(48)45-19-9-6-16-40(45)35-23-25-39-36(29-35)28-34-12-4-5-15-38(34)39/h1-27,29-31H,28H2. The van der Waals surface area contributed by atoms with E-state index >= 15 is 0 Å². The van der Waals surface area contributed by atoms with Crippen LogP contribution in [0.5, 0.6) is 0 Å². The highest BCUT2D eigenvalue weighted by molar-refractivity contribution is 6.12. The van der Waals surface area contributed by atoms with Gasteiger partial charge in [0.1, 0.15) is 0 Å². The van der Waals surface area contributed by atoms with E-state index in [9.17, 15) is 0 Å². The lowest BCUT2D eigenvalue weighted by Gasteiger charge is -2.15. The number of aromatic nitrogens is 2. The summed E-state index contributed by atoms with van der Waals surface area (Å²) in [7, 11) is 0. The van der Waals surface area contributed by atoms with Gasteiger partial charge in [0, 0.05) is 32.8 Å². The molecule has 2 heterocycles. The monoisotopic (exact) mass is 648 g/mol. The lowest BCUT2D eigenvalue weighted by molar-refractivity contribution is 1.18. The van der Waals surface area contributed by atoms with Crippen molar-refractivity contribution in [3.63, 3.8) is 0 Å². The molecule has 0 unspecified atom stereocenters. The molecule has 51 heavy (non-hydrogen) atoms. The predicted octanol–water partition coefficient (Wildman–Crippen LogP) is 12.8. The summed E-state index contributed by atoms with van der Waals surface area (Å²) < 4.78 is 4.86. The molecule has 0 atom stereocenters. The third-order valence-corrected chi connectivity index (χ3v) is 10.9. The molecule has 0 radical (unpaired) electrons. The molecule has 238 valence electrons. The van der Waals surface area contributed by atoms with E-state index in [1.54, 1.807) is 0 Å². The van der Waals surface area contributed by atoms with E-state index in [4.69, 9.17) is 0 Å². The quantitative estimate of drug-likeness (QED) is 0.180. The van der Waals surface area contributed by atoms with Crippen molar-refractivity contribution in [1.82, 2.24) is 9.13 Å². The Labute approximate surface area is 296 Å². The second-order valence-electron chi connectivity index (χ2n) is 13.7. The first-order valence-electron chi connectivity index (χ1n) is 17.7. The van der Waals surface area contributed by atoms with E-state index in [1.165, 1.54) is 99.5 Å². The maximum absolute atomic E-state index is 2.46. The Balaban J connectivity index is 1.08. The fourth-order valence-corrected chi connectivity index (χ4v) is 8.64. The van der Waals surface area contributed by atoms with Gasteiger partial charge in [-0.3, -0.25) is 0 Å². The first-order chi connectivity index (χ1) is 25.3. The van der Waals surface area contributed by atoms with Crippen LogP contribution in [0.25, 0.3) is 88.4 Å². The first-order valence-corrected chi connectivity index (χ1v) is 17.7. The minimum atomic E-state index is 0.984. The SMILES string of the molecule is c1ccc(-n2c3ccccc3c3ccc(-c4ccc5c(c4)c4ccccc4n5-c4ccccc4-c4ccc5c(c4)Cc4ccccc4-5)cc32)cc1. The van der Waals surface area contributed by atoms with Crippen LogP contribution in [-0.2, 0) is 6.42 Å². The van der Waals surface area contributed by atoms with Gasteiger partial charge in [0.15, 0.2) is 0 Å². The van der Waals surface area contributed by atoms with Crippen molar-refractivity contribution in [2.24, 2.45) is 0 Å². The summed E-state index contributed by atoms with van der Waals surface area (Å²) >= 11 is 0. The molecular formula is C49H32N2. The Morgan fingerprint density at radius 3 is 1.76 bits per heavy atom. The average molecular weight is 649 g/mol. The third kappa shape index (κ3) is 4.23. The molecule has 2 nitrogen and oxygen atoms in total. The molecule has 10 aromatic rings. The largest absolute Gasteiger partial charge is 0.309 e. The van der Waals surface area contributed by atoms with Crippen molar-refractivity contribution in [3.05, 3.63) is 193 Å². The van der Waals surface area contributed by atoms with Crippen LogP contribution >= 0.6 is 0 Å². The number of nitrogens with zero attached hydrogens (tertiary/aromatic N) is 2. The van der Waals surface area contributed by atoms with Gasteiger partial charge in [-0.25, -0.2) is 0 Å². The fraction of sp³-hybridized carbons (Fsp3) is 0.0204. The van der Waals surface area contributed by atoms with Crippen LogP contribution in [0.1, 0.15) is 11.1 Å². The third-order valence-electron chi connectivity index (χ3n) is 10.9. The van der Waals surface area contributed by atoms with Crippen LogP contribution in [-0.4, -0.2) is 9.13 Å². The van der Waals surface area contributed by atoms with Crippen LogP contribution in [0.2, 0.25) is 0 Å². The number of hydrogen-bond acceptors (Lipinski definition) is 0. The Kier molecular flexibility index (Phi) is 6.05. The Bertz CT molecular complexity index is 2990. The Hall–Kier alpha value is -6.64. The van der Waals surface area contributed by atoms with Gasteiger partial charge >= 0.3 is 0 Å². The Morgan fingerprint density at radius 1 is 0.314 bits per heavy atom. The van der Waals surface area contributed by atoms with Gasteiger partial charge in [-0.1, -0.05) is 133 Å². The summed E-state index contributed by atoms with van der Waals surface area (Å²) in [5.74, 6) is 0.